The molecule has 0 unspecified atom stereocenters. The third-order valence-corrected chi connectivity index (χ3v) is 3.04. The first-order valence-corrected chi connectivity index (χ1v) is 6.50. The van der Waals surface area contributed by atoms with E-state index >= 15 is 0 Å². The Kier molecular flexibility index (Phi) is 5.02. The lowest BCUT2D eigenvalue weighted by molar-refractivity contribution is 0.332. The minimum absolute atomic E-state index is 0.0462. The van der Waals surface area contributed by atoms with Gasteiger partial charge in [0, 0.05) is 31.0 Å². The van der Waals surface area contributed by atoms with Gasteiger partial charge >= 0.3 is 0 Å². The summed E-state index contributed by atoms with van der Waals surface area (Å²) in [5.41, 5.74) is 1.19. The Morgan fingerprint density at radius 3 is 2.89 bits per heavy atom. The fourth-order valence-electron chi connectivity index (χ4n) is 2.10. The van der Waals surface area contributed by atoms with E-state index in [0.29, 0.717) is 12.5 Å². The van der Waals surface area contributed by atoms with E-state index in [9.17, 15) is 0 Å². The first-order chi connectivity index (χ1) is 8.90. The molecule has 1 aliphatic rings. The van der Waals surface area contributed by atoms with Gasteiger partial charge in [0.15, 0.2) is 0 Å². The van der Waals surface area contributed by atoms with Crippen molar-refractivity contribution in [2.45, 2.75) is 19.3 Å². The molecule has 0 atom stereocenters. The standard InChI is InChI=1S/C14H20N2O2/c17-10-4-5-11-18-14-12-13(6-7-15-14)16-8-2-1-3-9-16/h4-7,12,17H,1-3,8-11H2. The molecular weight excluding hydrogens is 228 g/mol. The van der Waals surface area contributed by atoms with Gasteiger partial charge in [-0.25, -0.2) is 4.98 Å². The minimum atomic E-state index is 0.0462. The van der Waals surface area contributed by atoms with Crippen molar-refractivity contribution in [2.75, 3.05) is 31.2 Å². The van der Waals surface area contributed by atoms with Gasteiger partial charge in [-0.3, -0.25) is 0 Å². The van der Waals surface area contributed by atoms with Crippen molar-refractivity contribution in [1.82, 2.24) is 4.98 Å². The number of aliphatic hydroxyl groups is 1. The molecule has 2 rings (SSSR count). The average Bonchev–Trinajstić information content (AvgIpc) is 2.45. The SMILES string of the molecule is OCC=CCOc1cc(N2CCCCC2)ccn1. The van der Waals surface area contributed by atoms with E-state index in [4.69, 9.17) is 9.84 Å². The highest BCUT2D eigenvalue weighted by atomic mass is 16.5. The van der Waals surface area contributed by atoms with E-state index in [1.165, 1.54) is 24.9 Å². The van der Waals surface area contributed by atoms with Crippen molar-refractivity contribution >= 4 is 5.69 Å². The predicted octanol–water partition coefficient (Wildman–Crippen LogP) is 2.00. The molecule has 1 N–H and O–H groups in total. The molecule has 4 nitrogen and oxygen atoms in total. The summed E-state index contributed by atoms with van der Waals surface area (Å²) in [4.78, 5) is 6.56. The van der Waals surface area contributed by atoms with Gasteiger partial charge in [-0.15, -0.1) is 0 Å². The zero-order valence-electron chi connectivity index (χ0n) is 10.6. The van der Waals surface area contributed by atoms with Crippen LogP contribution in [-0.2, 0) is 0 Å². The molecular formula is C14H20N2O2. The predicted molar refractivity (Wildman–Crippen MR) is 72.0 cm³/mol. The Labute approximate surface area is 108 Å². The summed E-state index contributed by atoms with van der Waals surface area (Å²) >= 11 is 0. The number of hydrogen-bond donors (Lipinski definition) is 1. The lowest BCUT2D eigenvalue weighted by Gasteiger charge is -2.28. The van der Waals surface area contributed by atoms with Crippen LogP contribution < -0.4 is 9.64 Å². The maximum absolute atomic E-state index is 8.61. The summed E-state index contributed by atoms with van der Waals surface area (Å²) in [6.07, 6.45) is 9.09. The van der Waals surface area contributed by atoms with E-state index in [1.54, 1.807) is 18.3 Å². The van der Waals surface area contributed by atoms with Crippen LogP contribution >= 0.6 is 0 Å². The second kappa shape index (κ2) is 7.01. The van der Waals surface area contributed by atoms with Crippen LogP contribution in [0.1, 0.15) is 19.3 Å². The Morgan fingerprint density at radius 2 is 2.11 bits per heavy atom. The fraction of sp³-hybridized carbons (Fsp3) is 0.500. The van der Waals surface area contributed by atoms with Gasteiger partial charge in [0.2, 0.25) is 5.88 Å². The Morgan fingerprint density at radius 1 is 1.28 bits per heavy atom. The van der Waals surface area contributed by atoms with Crippen LogP contribution in [0.5, 0.6) is 5.88 Å². The normalized spacial score (nSPS) is 16.2. The highest BCUT2D eigenvalue weighted by Crippen LogP contribution is 2.22. The molecule has 1 fully saturated rings. The van der Waals surface area contributed by atoms with E-state index in [0.717, 1.165) is 13.1 Å². The molecule has 0 amide bonds. The highest BCUT2D eigenvalue weighted by molar-refractivity contribution is 5.48. The van der Waals surface area contributed by atoms with Gasteiger partial charge in [0.05, 0.1) is 6.61 Å². The third-order valence-electron chi connectivity index (χ3n) is 3.04. The molecule has 0 saturated carbocycles. The minimum Gasteiger partial charge on any atom is -0.473 e. The maximum atomic E-state index is 8.61. The lowest BCUT2D eigenvalue weighted by Crippen LogP contribution is -2.29. The fourth-order valence-corrected chi connectivity index (χ4v) is 2.10. The van der Waals surface area contributed by atoms with Gasteiger partial charge in [-0.05, 0) is 31.4 Å². The zero-order chi connectivity index (χ0) is 12.6. The Balaban J connectivity index is 1.93. The van der Waals surface area contributed by atoms with E-state index in [-0.39, 0.29) is 6.61 Å². The molecule has 0 spiro atoms. The molecule has 1 aliphatic heterocycles. The molecule has 1 aromatic rings. The molecule has 0 bridgehead atoms. The summed E-state index contributed by atoms with van der Waals surface area (Å²) in [6.45, 7) is 2.73. The number of anilines is 1. The summed E-state index contributed by atoms with van der Waals surface area (Å²) < 4.78 is 5.50. The summed E-state index contributed by atoms with van der Waals surface area (Å²) in [5.74, 6) is 0.640. The highest BCUT2D eigenvalue weighted by Gasteiger charge is 2.11. The topological polar surface area (TPSA) is 45.6 Å². The summed E-state index contributed by atoms with van der Waals surface area (Å²) in [6, 6.07) is 4.01. The number of piperidine rings is 1. The second-order valence-corrected chi connectivity index (χ2v) is 4.36. The first-order valence-electron chi connectivity index (χ1n) is 6.50. The van der Waals surface area contributed by atoms with Crippen LogP contribution in [0.2, 0.25) is 0 Å². The molecule has 98 valence electrons. The van der Waals surface area contributed by atoms with Crippen LogP contribution in [0.15, 0.2) is 30.5 Å². The van der Waals surface area contributed by atoms with Crippen LogP contribution in [0.4, 0.5) is 5.69 Å². The van der Waals surface area contributed by atoms with Gasteiger partial charge in [0.1, 0.15) is 6.61 Å². The molecule has 0 aromatic carbocycles. The number of hydrogen-bond acceptors (Lipinski definition) is 4. The van der Waals surface area contributed by atoms with Gasteiger partial charge in [-0.2, -0.15) is 0 Å². The van der Waals surface area contributed by atoms with E-state index < -0.39 is 0 Å². The van der Waals surface area contributed by atoms with Crippen molar-refractivity contribution in [1.29, 1.82) is 0 Å². The molecule has 2 heterocycles. The van der Waals surface area contributed by atoms with Gasteiger partial charge in [-0.1, -0.05) is 6.08 Å². The first kappa shape index (κ1) is 12.9. The maximum Gasteiger partial charge on any atom is 0.215 e. The molecule has 4 heteroatoms. The molecule has 0 aliphatic carbocycles. The monoisotopic (exact) mass is 248 g/mol. The average molecular weight is 248 g/mol. The van der Waals surface area contributed by atoms with E-state index in [1.807, 2.05) is 12.1 Å². The second-order valence-electron chi connectivity index (χ2n) is 4.36. The van der Waals surface area contributed by atoms with Crippen molar-refractivity contribution < 1.29 is 9.84 Å². The molecule has 1 saturated heterocycles. The number of aliphatic hydroxyl groups excluding tert-OH is 1. The number of aromatic nitrogens is 1. The van der Waals surface area contributed by atoms with Crippen molar-refractivity contribution in [3.63, 3.8) is 0 Å². The lowest BCUT2D eigenvalue weighted by atomic mass is 10.1. The van der Waals surface area contributed by atoms with E-state index in [2.05, 4.69) is 9.88 Å². The van der Waals surface area contributed by atoms with Crippen LogP contribution in [0.25, 0.3) is 0 Å². The molecule has 18 heavy (non-hydrogen) atoms. The van der Waals surface area contributed by atoms with Crippen LogP contribution in [0, 0.1) is 0 Å². The van der Waals surface area contributed by atoms with Crippen molar-refractivity contribution in [3.05, 3.63) is 30.5 Å². The van der Waals surface area contributed by atoms with Crippen LogP contribution in [0.3, 0.4) is 0 Å². The molecule has 1 aromatic heterocycles. The largest absolute Gasteiger partial charge is 0.473 e. The summed E-state index contributed by atoms with van der Waals surface area (Å²) in [5, 5.41) is 8.61. The number of nitrogens with zero attached hydrogens (tertiary/aromatic N) is 2. The number of pyridine rings is 1. The Bertz CT molecular complexity index is 387. The third kappa shape index (κ3) is 3.74. The van der Waals surface area contributed by atoms with Gasteiger partial charge in [0.25, 0.3) is 0 Å². The quantitative estimate of drug-likeness (QED) is 0.810. The Hall–Kier alpha value is -1.55. The molecule has 0 radical (unpaired) electrons. The van der Waals surface area contributed by atoms with Crippen molar-refractivity contribution in [2.24, 2.45) is 0 Å². The smallest absolute Gasteiger partial charge is 0.215 e. The van der Waals surface area contributed by atoms with Crippen LogP contribution in [-0.4, -0.2) is 36.4 Å². The number of rotatable bonds is 5. The number of ether oxygens (including phenoxy) is 1. The summed E-state index contributed by atoms with van der Waals surface area (Å²) in [7, 11) is 0. The zero-order valence-corrected chi connectivity index (χ0v) is 10.6. The van der Waals surface area contributed by atoms with Gasteiger partial charge < -0.3 is 14.7 Å². The van der Waals surface area contributed by atoms with Crippen molar-refractivity contribution in [3.8, 4) is 5.88 Å².